The Morgan fingerprint density at radius 2 is 2.00 bits per heavy atom. The molecule has 5 rings (SSSR count). The molecule has 4 heterocycles. The number of aromatic amines is 1. The quantitative estimate of drug-likeness (QED) is 0.680. The summed E-state index contributed by atoms with van der Waals surface area (Å²) >= 11 is 0. The number of tetrazole rings is 1. The van der Waals surface area contributed by atoms with Gasteiger partial charge in [0.15, 0.2) is 5.82 Å². The predicted octanol–water partition coefficient (Wildman–Crippen LogP) is 2.89. The lowest BCUT2D eigenvalue weighted by atomic mass is 9.99. The van der Waals surface area contributed by atoms with Crippen molar-refractivity contribution in [2.24, 2.45) is 0 Å². The number of pyridine rings is 1. The molecule has 0 amide bonds. The molecule has 0 saturated carbocycles. The second-order valence-corrected chi connectivity index (χ2v) is 8.95. The van der Waals surface area contributed by atoms with Crippen molar-refractivity contribution in [3.8, 4) is 0 Å². The van der Waals surface area contributed by atoms with Crippen LogP contribution in [0.3, 0.4) is 0 Å². The highest BCUT2D eigenvalue weighted by Crippen LogP contribution is 2.30. The summed E-state index contributed by atoms with van der Waals surface area (Å²) in [5.41, 5.74) is 3.80. The van der Waals surface area contributed by atoms with Crippen LogP contribution in [0, 0.1) is 13.8 Å². The molecule has 1 N–H and O–H groups in total. The van der Waals surface area contributed by atoms with E-state index in [1.807, 2.05) is 17.7 Å². The molecule has 8 nitrogen and oxygen atoms in total. The number of benzene rings is 1. The molecule has 164 valence electrons. The van der Waals surface area contributed by atoms with E-state index in [9.17, 15) is 4.79 Å². The molecule has 2 saturated heterocycles. The van der Waals surface area contributed by atoms with Crippen LogP contribution < -0.4 is 5.56 Å². The molecule has 2 aliphatic rings. The number of aromatic nitrogens is 5. The second kappa shape index (κ2) is 8.51. The van der Waals surface area contributed by atoms with Gasteiger partial charge in [0.25, 0.3) is 5.56 Å². The van der Waals surface area contributed by atoms with E-state index >= 15 is 0 Å². The van der Waals surface area contributed by atoms with Gasteiger partial charge in [-0.05, 0) is 86.1 Å². The average Bonchev–Trinajstić information content (AvgIpc) is 3.43. The third kappa shape index (κ3) is 4.02. The van der Waals surface area contributed by atoms with Crippen LogP contribution in [-0.2, 0) is 11.3 Å². The lowest BCUT2D eigenvalue weighted by Gasteiger charge is -2.33. The van der Waals surface area contributed by atoms with Gasteiger partial charge in [-0.15, -0.1) is 5.10 Å². The van der Waals surface area contributed by atoms with Crippen LogP contribution in [0.5, 0.6) is 0 Å². The van der Waals surface area contributed by atoms with Crippen LogP contribution in [-0.4, -0.2) is 55.9 Å². The smallest absolute Gasteiger partial charge is 0.253 e. The zero-order chi connectivity index (χ0) is 21.4. The maximum absolute atomic E-state index is 13.3. The van der Waals surface area contributed by atoms with Crippen LogP contribution >= 0.6 is 0 Å². The zero-order valence-electron chi connectivity index (χ0n) is 18.3. The minimum atomic E-state index is -0.273. The van der Waals surface area contributed by atoms with Crippen LogP contribution in [0.1, 0.15) is 60.7 Å². The topological polar surface area (TPSA) is 88.9 Å². The maximum Gasteiger partial charge on any atom is 0.253 e. The van der Waals surface area contributed by atoms with Gasteiger partial charge in [-0.25, -0.2) is 4.68 Å². The lowest BCUT2D eigenvalue weighted by Crippen LogP contribution is -2.39. The van der Waals surface area contributed by atoms with Gasteiger partial charge < -0.3 is 9.72 Å². The van der Waals surface area contributed by atoms with Gasteiger partial charge in [0.2, 0.25) is 0 Å². The third-order valence-corrected chi connectivity index (χ3v) is 6.58. The van der Waals surface area contributed by atoms with E-state index in [1.54, 1.807) is 0 Å². The number of hydrogen-bond acceptors (Lipinski definition) is 6. The van der Waals surface area contributed by atoms with E-state index in [1.165, 1.54) is 12.0 Å². The van der Waals surface area contributed by atoms with Crippen molar-refractivity contribution in [3.05, 3.63) is 51.1 Å². The largest absolute Gasteiger partial charge is 0.376 e. The maximum atomic E-state index is 13.3. The number of H-pyrrole nitrogens is 1. The Labute approximate surface area is 181 Å². The number of ether oxygens (including phenoxy) is 1. The average molecular weight is 423 g/mol. The molecule has 2 aromatic heterocycles. The molecule has 0 bridgehead atoms. The highest BCUT2D eigenvalue weighted by atomic mass is 16.5. The third-order valence-electron chi connectivity index (χ3n) is 6.58. The zero-order valence-corrected chi connectivity index (χ0v) is 18.3. The van der Waals surface area contributed by atoms with Gasteiger partial charge in [-0.3, -0.25) is 9.69 Å². The van der Waals surface area contributed by atoms with Crippen LogP contribution in [0.15, 0.2) is 23.0 Å². The number of nitrogens with one attached hydrogen (secondary N) is 1. The van der Waals surface area contributed by atoms with Crippen molar-refractivity contribution < 1.29 is 4.74 Å². The number of piperidine rings is 1. The Hall–Kier alpha value is -2.58. The highest BCUT2D eigenvalue weighted by molar-refractivity contribution is 5.83. The monoisotopic (exact) mass is 422 g/mol. The summed E-state index contributed by atoms with van der Waals surface area (Å²) in [6, 6.07) is 6.00. The van der Waals surface area contributed by atoms with E-state index in [2.05, 4.69) is 44.5 Å². The Bertz CT molecular complexity index is 1120. The molecule has 2 aliphatic heterocycles. The molecule has 0 aliphatic carbocycles. The van der Waals surface area contributed by atoms with E-state index < -0.39 is 0 Å². The summed E-state index contributed by atoms with van der Waals surface area (Å²) in [6.07, 6.45) is 5.67. The van der Waals surface area contributed by atoms with E-state index in [0.717, 1.165) is 67.7 Å². The molecular weight excluding hydrogens is 392 g/mol. The number of nitrogens with zero attached hydrogens (tertiary/aromatic N) is 5. The fourth-order valence-electron chi connectivity index (χ4n) is 5.10. The summed E-state index contributed by atoms with van der Waals surface area (Å²) in [4.78, 5) is 18.8. The first-order valence-corrected chi connectivity index (χ1v) is 11.4. The Morgan fingerprint density at radius 3 is 2.77 bits per heavy atom. The molecule has 0 spiro atoms. The summed E-state index contributed by atoms with van der Waals surface area (Å²) in [5.74, 6) is 0.728. The molecule has 2 unspecified atom stereocenters. The van der Waals surface area contributed by atoms with Gasteiger partial charge in [-0.1, -0.05) is 18.1 Å². The SMILES string of the molecule is Cc1cc(C)c2[nH]c(=O)c(C(c3nnnn3CC3CCCO3)N3CCCCC3)cc2c1. The summed E-state index contributed by atoms with van der Waals surface area (Å²) in [7, 11) is 0. The van der Waals surface area contributed by atoms with Gasteiger partial charge in [0, 0.05) is 12.2 Å². The lowest BCUT2D eigenvalue weighted by molar-refractivity contribution is 0.0902. The second-order valence-electron chi connectivity index (χ2n) is 8.95. The van der Waals surface area contributed by atoms with Crippen molar-refractivity contribution in [3.63, 3.8) is 0 Å². The normalized spacial score (nSPS) is 21.0. The first-order chi connectivity index (χ1) is 15.1. The molecule has 1 aromatic carbocycles. The van der Waals surface area contributed by atoms with Gasteiger partial charge in [0.1, 0.15) is 6.04 Å². The standard InChI is InChI=1S/C23H30N6O2/c1-15-11-16(2)20-17(12-15)13-19(23(30)24-20)21(28-8-4-3-5-9-28)22-25-26-27-29(22)14-18-7-6-10-31-18/h11-13,18,21H,3-10,14H2,1-2H3,(H,24,30). The van der Waals surface area contributed by atoms with Crippen LogP contribution in [0.4, 0.5) is 0 Å². The molecule has 0 radical (unpaired) electrons. The number of fused-ring (bicyclic) bond motifs is 1. The fraction of sp³-hybridized carbons (Fsp3) is 0.565. The predicted molar refractivity (Wildman–Crippen MR) is 118 cm³/mol. The molecule has 8 heteroatoms. The van der Waals surface area contributed by atoms with E-state index in [-0.39, 0.29) is 17.7 Å². The number of hydrogen-bond donors (Lipinski definition) is 1. The number of rotatable bonds is 5. The molecule has 2 fully saturated rings. The van der Waals surface area contributed by atoms with Crippen molar-refractivity contribution in [2.45, 2.75) is 64.6 Å². The van der Waals surface area contributed by atoms with Crippen molar-refractivity contribution in [1.29, 1.82) is 0 Å². The minimum absolute atomic E-state index is 0.0679. The molecule has 3 aromatic rings. The number of likely N-dealkylation sites (tertiary alicyclic amines) is 1. The summed E-state index contributed by atoms with van der Waals surface area (Å²) in [5, 5.41) is 13.7. The van der Waals surface area contributed by atoms with Gasteiger partial charge in [-0.2, -0.15) is 0 Å². The molecule has 31 heavy (non-hydrogen) atoms. The highest BCUT2D eigenvalue weighted by Gasteiger charge is 2.32. The summed E-state index contributed by atoms with van der Waals surface area (Å²) in [6.45, 7) is 7.40. The van der Waals surface area contributed by atoms with E-state index in [4.69, 9.17) is 4.74 Å². The molecular formula is C23H30N6O2. The van der Waals surface area contributed by atoms with Gasteiger partial charge >= 0.3 is 0 Å². The van der Waals surface area contributed by atoms with Crippen molar-refractivity contribution in [2.75, 3.05) is 19.7 Å². The van der Waals surface area contributed by atoms with E-state index in [0.29, 0.717) is 12.1 Å². The Kier molecular flexibility index (Phi) is 5.58. The van der Waals surface area contributed by atoms with Gasteiger partial charge in [0.05, 0.1) is 18.2 Å². The fourth-order valence-corrected chi connectivity index (χ4v) is 5.10. The first-order valence-electron chi connectivity index (χ1n) is 11.4. The van der Waals surface area contributed by atoms with Crippen LogP contribution in [0.25, 0.3) is 10.9 Å². The summed E-state index contributed by atoms with van der Waals surface area (Å²) < 4.78 is 7.67. The Balaban J connectivity index is 1.62. The minimum Gasteiger partial charge on any atom is -0.376 e. The first kappa shape index (κ1) is 20.3. The van der Waals surface area contributed by atoms with Crippen molar-refractivity contribution in [1.82, 2.24) is 30.1 Å². The van der Waals surface area contributed by atoms with Crippen LogP contribution in [0.2, 0.25) is 0 Å². The molecule has 2 atom stereocenters. The Morgan fingerprint density at radius 1 is 1.16 bits per heavy atom. The van der Waals surface area contributed by atoms with Crippen molar-refractivity contribution >= 4 is 10.9 Å². The number of aryl methyl sites for hydroxylation is 2.